The first-order valence-electron chi connectivity index (χ1n) is 9.29. The molecule has 0 radical (unpaired) electrons. The van der Waals surface area contributed by atoms with E-state index in [0.717, 1.165) is 11.3 Å². The van der Waals surface area contributed by atoms with Crippen molar-refractivity contribution in [3.8, 4) is 0 Å². The minimum absolute atomic E-state index is 0.0507. The van der Waals surface area contributed by atoms with Crippen LogP contribution in [-0.4, -0.2) is 28.6 Å². The average molecular weight is 461 g/mol. The molecule has 1 unspecified atom stereocenters. The highest BCUT2D eigenvalue weighted by Crippen LogP contribution is 2.35. The molecular weight excluding hydrogens is 443 g/mol. The van der Waals surface area contributed by atoms with Crippen LogP contribution in [0.25, 0.3) is 0 Å². The van der Waals surface area contributed by atoms with E-state index in [2.05, 4.69) is 15.5 Å². The summed E-state index contributed by atoms with van der Waals surface area (Å²) in [7, 11) is 0. The van der Waals surface area contributed by atoms with E-state index in [0.29, 0.717) is 33.2 Å². The van der Waals surface area contributed by atoms with Gasteiger partial charge in [-0.2, -0.15) is 0 Å². The topological polar surface area (TPSA) is 75.2 Å². The van der Waals surface area contributed by atoms with Gasteiger partial charge >= 0.3 is 0 Å². The molecule has 1 aliphatic heterocycles. The molecule has 0 bridgehead atoms. The number of benzene rings is 2. The summed E-state index contributed by atoms with van der Waals surface area (Å²) in [5.41, 5.74) is 3.48. The number of nitrogens with zero attached hydrogens (tertiary/aromatic N) is 3. The summed E-state index contributed by atoms with van der Waals surface area (Å²) in [6.45, 7) is 4.61. The molecule has 1 aliphatic rings. The molecule has 1 fully saturated rings. The lowest BCUT2D eigenvalue weighted by molar-refractivity contribution is -0.117. The normalized spacial score (nSPS) is 16.2. The second kappa shape index (κ2) is 8.34. The Balaban J connectivity index is 1.47. The first kappa shape index (κ1) is 20.8. The van der Waals surface area contributed by atoms with Gasteiger partial charge in [-0.15, -0.1) is 10.2 Å². The molecule has 154 valence electrons. The number of aryl methyl sites for hydroxylation is 2. The number of amides is 2. The number of aromatic nitrogens is 2. The number of carbonyl (C=O) groups excluding carboxylic acids is 2. The van der Waals surface area contributed by atoms with Crippen molar-refractivity contribution in [3.63, 3.8) is 0 Å². The molecule has 6 nitrogen and oxygen atoms in total. The highest BCUT2D eigenvalue weighted by Gasteiger charge is 2.34. The minimum atomic E-state index is -0.413. The molecule has 4 rings (SSSR count). The Labute approximate surface area is 187 Å². The molecule has 1 aromatic heterocycles. The monoisotopic (exact) mass is 460 g/mol. The summed E-state index contributed by atoms with van der Waals surface area (Å²) in [6.07, 6.45) is 0.357. The zero-order valence-electron chi connectivity index (χ0n) is 16.3. The second-order valence-electron chi connectivity index (χ2n) is 7.20. The number of rotatable bonds is 4. The number of anilines is 2. The molecule has 30 heavy (non-hydrogen) atoms. The third-order valence-corrected chi connectivity index (χ3v) is 6.68. The van der Waals surface area contributed by atoms with Gasteiger partial charge in [0.25, 0.3) is 5.91 Å². The fraction of sp³-hybridized carbons (Fsp3) is 0.238. The van der Waals surface area contributed by atoms with E-state index in [9.17, 15) is 9.59 Å². The van der Waals surface area contributed by atoms with Crippen molar-refractivity contribution < 1.29 is 9.59 Å². The molecule has 3 aromatic rings. The van der Waals surface area contributed by atoms with Gasteiger partial charge in [0, 0.05) is 29.6 Å². The molecule has 1 atom stereocenters. The molecule has 0 saturated carbocycles. The molecule has 0 spiro atoms. The fourth-order valence-electron chi connectivity index (χ4n) is 3.30. The van der Waals surface area contributed by atoms with Crippen LogP contribution in [0.2, 0.25) is 10.0 Å². The van der Waals surface area contributed by atoms with Crippen LogP contribution < -0.4 is 10.2 Å². The van der Waals surface area contributed by atoms with Gasteiger partial charge in [-0.3, -0.25) is 14.9 Å². The zero-order valence-corrected chi connectivity index (χ0v) is 18.6. The van der Waals surface area contributed by atoms with Crippen LogP contribution >= 0.6 is 34.5 Å². The highest BCUT2D eigenvalue weighted by molar-refractivity contribution is 7.15. The summed E-state index contributed by atoms with van der Waals surface area (Å²) >= 11 is 13.3. The van der Waals surface area contributed by atoms with Gasteiger partial charge in [0.1, 0.15) is 5.01 Å². The first-order valence-corrected chi connectivity index (χ1v) is 10.9. The number of hydrogen-bond acceptors (Lipinski definition) is 5. The van der Waals surface area contributed by atoms with Crippen molar-refractivity contribution in [2.75, 3.05) is 16.8 Å². The Kier molecular flexibility index (Phi) is 5.77. The van der Waals surface area contributed by atoms with E-state index in [1.165, 1.54) is 23.0 Å². The third-order valence-electron chi connectivity index (χ3n) is 5.11. The lowest BCUT2D eigenvalue weighted by Gasteiger charge is -2.17. The van der Waals surface area contributed by atoms with E-state index in [1.54, 1.807) is 17.0 Å². The SMILES string of the molecule is Cc1ccc(N2CC(c3nnc(NC(=O)c4cc(Cl)ccc4Cl)s3)CC2=O)cc1C. The van der Waals surface area contributed by atoms with E-state index in [-0.39, 0.29) is 17.4 Å². The van der Waals surface area contributed by atoms with E-state index >= 15 is 0 Å². The predicted molar refractivity (Wildman–Crippen MR) is 120 cm³/mol. The average Bonchev–Trinajstić information content (AvgIpc) is 3.32. The van der Waals surface area contributed by atoms with Crippen LogP contribution in [0.1, 0.15) is 38.8 Å². The first-order chi connectivity index (χ1) is 14.3. The smallest absolute Gasteiger partial charge is 0.259 e. The summed E-state index contributed by atoms with van der Waals surface area (Å²) in [4.78, 5) is 26.8. The fourth-order valence-corrected chi connectivity index (χ4v) is 4.51. The summed E-state index contributed by atoms with van der Waals surface area (Å²) in [5, 5.41) is 12.7. The molecular formula is C21H18Cl2N4O2S. The van der Waals surface area contributed by atoms with Crippen LogP contribution in [0.15, 0.2) is 36.4 Å². The van der Waals surface area contributed by atoms with Crippen molar-refractivity contribution in [1.29, 1.82) is 0 Å². The highest BCUT2D eigenvalue weighted by atomic mass is 35.5. The van der Waals surface area contributed by atoms with Crippen LogP contribution in [0.4, 0.5) is 10.8 Å². The number of halogens is 2. The molecule has 2 aromatic carbocycles. The maximum atomic E-state index is 12.6. The van der Waals surface area contributed by atoms with Gasteiger partial charge in [-0.1, -0.05) is 40.6 Å². The summed E-state index contributed by atoms with van der Waals surface area (Å²) in [6, 6.07) is 10.7. The molecule has 2 amide bonds. The van der Waals surface area contributed by atoms with Crippen molar-refractivity contribution in [3.05, 3.63) is 68.1 Å². The zero-order chi connectivity index (χ0) is 21.4. The maximum Gasteiger partial charge on any atom is 0.259 e. The number of nitrogens with one attached hydrogen (secondary N) is 1. The van der Waals surface area contributed by atoms with Crippen LogP contribution in [0, 0.1) is 13.8 Å². The minimum Gasteiger partial charge on any atom is -0.312 e. The standard InChI is InChI=1S/C21H18Cl2N4O2S/c1-11-3-5-15(7-12(11)2)27-10-13(8-18(27)28)20-25-26-21(30-20)24-19(29)16-9-14(22)4-6-17(16)23/h3-7,9,13H,8,10H2,1-2H3,(H,24,26,29). The Bertz CT molecular complexity index is 1150. The van der Waals surface area contributed by atoms with Gasteiger partial charge < -0.3 is 4.90 Å². The number of carbonyl (C=O) groups is 2. The Morgan fingerprint density at radius 1 is 1.13 bits per heavy atom. The van der Waals surface area contributed by atoms with Gasteiger partial charge in [0.2, 0.25) is 11.0 Å². The largest absolute Gasteiger partial charge is 0.312 e. The van der Waals surface area contributed by atoms with Crippen LogP contribution in [-0.2, 0) is 4.79 Å². The van der Waals surface area contributed by atoms with Crippen molar-refractivity contribution >= 4 is 57.2 Å². The van der Waals surface area contributed by atoms with Crippen LogP contribution in [0.3, 0.4) is 0 Å². The Morgan fingerprint density at radius 3 is 2.70 bits per heavy atom. The van der Waals surface area contributed by atoms with Gasteiger partial charge in [0.15, 0.2) is 0 Å². The van der Waals surface area contributed by atoms with Crippen molar-refractivity contribution in [1.82, 2.24) is 10.2 Å². The van der Waals surface area contributed by atoms with Gasteiger partial charge in [-0.25, -0.2) is 0 Å². The van der Waals surface area contributed by atoms with Crippen LogP contribution in [0.5, 0.6) is 0 Å². The van der Waals surface area contributed by atoms with E-state index in [4.69, 9.17) is 23.2 Å². The van der Waals surface area contributed by atoms with E-state index in [1.807, 2.05) is 32.0 Å². The number of hydrogen-bond donors (Lipinski definition) is 1. The predicted octanol–water partition coefficient (Wildman–Crippen LogP) is 5.23. The molecule has 1 saturated heterocycles. The lowest BCUT2D eigenvalue weighted by Crippen LogP contribution is -2.24. The molecule has 9 heteroatoms. The molecule has 2 heterocycles. The second-order valence-corrected chi connectivity index (χ2v) is 9.05. The van der Waals surface area contributed by atoms with E-state index < -0.39 is 5.91 Å². The quantitative estimate of drug-likeness (QED) is 0.577. The molecule has 1 N–H and O–H groups in total. The molecule has 0 aliphatic carbocycles. The van der Waals surface area contributed by atoms with Gasteiger partial charge in [-0.05, 0) is 55.3 Å². The van der Waals surface area contributed by atoms with Gasteiger partial charge in [0.05, 0.1) is 10.6 Å². The summed E-state index contributed by atoms with van der Waals surface area (Å²) < 4.78 is 0. The van der Waals surface area contributed by atoms with Crippen molar-refractivity contribution in [2.45, 2.75) is 26.2 Å². The Morgan fingerprint density at radius 2 is 1.93 bits per heavy atom. The lowest BCUT2D eigenvalue weighted by atomic mass is 10.1. The third kappa shape index (κ3) is 4.19. The summed E-state index contributed by atoms with van der Waals surface area (Å²) in [5.74, 6) is -0.434. The Hall–Kier alpha value is -2.48. The van der Waals surface area contributed by atoms with Crippen molar-refractivity contribution in [2.24, 2.45) is 0 Å². The maximum absolute atomic E-state index is 12.6.